The van der Waals surface area contributed by atoms with Gasteiger partial charge in [0.05, 0.1) is 6.42 Å². The third kappa shape index (κ3) is 2.16. The minimum atomic E-state index is 0.205. The van der Waals surface area contributed by atoms with Gasteiger partial charge in [-0.3, -0.25) is 9.78 Å². The molecule has 92 valence electrons. The average Bonchev–Trinajstić information content (AvgIpc) is 3.12. The van der Waals surface area contributed by atoms with Crippen LogP contribution in [0.25, 0.3) is 11.4 Å². The van der Waals surface area contributed by atoms with Crippen LogP contribution in [0.1, 0.15) is 24.3 Å². The van der Waals surface area contributed by atoms with Crippen LogP contribution < -0.4 is 0 Å². The van der Waals surface area contributed by atoms with Gasteiger partial charge in [0, 0.05) is 23.9 Å². The van der Waals surface area contributed by atoms with Crippen molar-refractivity contribution >= 4 is 5.78 Å². The number of aromatic nitrogens is 3. The molecule has 0 unspecified atom stereocenters. The molecule has 1 fully saturated rings. The molecular weight excluding hydrogens is 230 g/mol. The van der Waals surface area contributed by atoms with Crippen molar-refractivity contribution in [3.63, 3.8) is 0 Å². The van der Waals surface area contributed by atoms with Gasteiger partial charge in [-0.2, -0.15) is 4.98 Å². The highest BCUT2D eigenvalue weighted by atomic mass is 16.5. The highest BCUT2D eigenvalue weighted by molar-refractivity contribution is 5.84. The Morgan fingerprint density at radius 2 is 2.33 bits per heavy atom. The molecule has 0 bridgehead atoms. The Balaban J connectivity index is 1.80. The molecule has 0 radical (unpaired) electrons. The normalized spacial score (nSPS) is 14.7. The Morgan fingerprint density at radius 1 is 1.50 bits per heavy atom. The largest absolute Gasteiger partial charge is 0.339 e. The third-order valence-corrected chi connectivity index (χ3v) is 3.09. The van der Waals surface area contributed by atoms with Gasteiger partial charge in [-0.25, -0.2) is 0 Å². The molecule has 0 saturated heterocycles. The SMILES string of the molecule is Cc1cnccc1-c1noc(CC(=O)C2CC2)n1. The summed E-state index contributed by atoms with van der Waals surface area (Å²) in [6, 6.07) is 1.84. The summed E-state index contributed by atoms with van der Waals surface area (Å²) < 4.78 is 5.12. The van der Waals surface area contributed by atoms with Crippen LogP contribution in [0.5, 0.6) is 0 Å². The smallest absolute Gasteiger partial charge is 0.234 e. The van der Waals surface area contributed by atoms with Crippen LogP contribution in [-0.4, -0.2) is 20.9 Å². The highest BCUT2D eigenvalue weighted by Crippen LogP contribution is 2.31. The number of hydrogen-bond acceptors (Lipinski definition) is 5. The van der Waals surface area contributed by atoms with Crippen molar-refractivity contribution in [2.75, 3.05) is 0 Å². The van der Waals surface area contributed by atoms with Gasteiger partial charge >= 0.3 is 0 Å². The van der Waals surface area contributed by atoms with E-state index in [4.69, 9.17) is 4.52 Å². The fraction of sp³-hybridized carbons (Fsp3) is 0.385. The number of nitrogens with zero attached hydrogens (tertiary/aromatic N) is 3. The predicted molar refractivity (Wildman–Crippen MR) is 63.7 cm³/mol. The van der Waals surface area contributed by atoms with Gasteiger partial charge in [-0.15, -0.1) is 0 Å². The number of pyridine rings is 1. The summed E-state index contributed by atoms with van der Waals surface area (Å²) in [5, 5.41) is 3.91. The van der Waals surface area contributed by atoms with Crippen LogP contribution in [0.15, 0.2) is 23.0 Å². The van der Waals surface area contributed by atoms with Crippen LogP contribution in [0, 0.1) is 12.8 Å². The fourth-order valence-electron chi connectivity index (χ4n) is 1.86. The zero-order chi connectivity index (χ0) is 12.5. The highest BCUT2D eigenvalue weighted by Gasteiger charge is 2.30. The second-order valence-corrected chi connectivity index (χ2v) is 4.62. The predicted octanol–water partition coefficient (Wildman–Crippen LogP) is 1.96. The number of ketones is 1. The first kappa shape index (κ1) is 11.1. The lowest BCUT2D eigenvalue weighted by Gasteiger charge is -1.97. The summed E-state index contributed by atoms with van der Waals surface area (Å²) in [6.07, 6.45) is 5.70. The molecule has 5 heteroatoms. The molecule has 2 aromatic heterocycles. The monoisotopic (exact) mass is 243 g/mol. The van der Waals surface area contributed by atoms with E-state index in [2.05, 4.69) is 15.1 Å². The van der Waals surface area contributed by atoms with Gasteiger partial charge in [-0.1, -0.05) is 5.16 Å². The summed E-state index contributed by atoms with van der Waals surface area (Å²) in [5.74, 6) is 1.35. The lowest BCUT2D eigenvalue weighted by molar-refractivity contribution is -0.119. The molecule has 1 saturated carbocycles. The molecule has 3 rings (SSSR count). The van der Waals surface area contributed by atoms with E-state index in [0.29, 0.717) is 11.7 Å². The van der Waals surface area contributed by atoms with Crippen molar-refractivity contribution in [1.82, 2.24) is 15.1 Å². The molecule has 1 aliphatic rings. The fourth-order valence-corrected chi connectivity index (χ4v) is 1.86. The van der Waals surface area contributed by atoms with E-state index in [-0.39, 0.29) is 18.1 Å². The zero-order valence-corrected chi connectivity index (χ0v) is 10.1. The molecule has 0 amide bonds. The van der Waals surface area contributed by atoms with Gasteiger partial charge in [0.1, 0.15) is 5.78 Å². The van der Waals surface area contributed by atoms with Crippen molar-refractivity contribution in [2.24, 2.45) is 5.92 Å². The second-order valence-electron chi connectivity index (χ2n) is 4.62. The van der Waals surface area contributed by atoms with Crippen molar-refractivity contribution in [2.45, 2.75) is 26.2 Å². The van der Waals surface area contributed by atoms with Crippen molar-refractivity contribution in [1.29, 1.82) is 0 Å². The van der Waals surface area contributed by atoms with Crippen molar-refractivity contribution < 1.29 is 9.32 Å². The maximum atomic E-state index is 11.6. The molecule has 2 aromatic rings. The molecule has 18 heavy (non-hydrogen) atoms. The molecular formula is C13H13N3O2. The number of hydrogen-bond donors (Lipinski definition) is 0. The van der Waals surface area contributed by atoms with Gasteiger partial charge in [0.25, 0.3) is 0 Å². The summed E-state index contributed by atoms with van der Waals surface area (Å²) in [4.78, 5) is 19.9. The first-order valence-corrected chi connectivity index (χ1v) is 6.00. The van der Waals surface area contributed by atoms with Crippen LogP contribution in [0.2, 0.25) is 0 Å². The Hall–Kier alpha value is -2.04. The summed E-state index contributed by atoms with van der Waals surface area (Å²) in [7, 11) is 0. The topological polar surface area (TPSA) is 68.9 Å². The molecule has 0 aromatic carbocycles. The quantitative estimate of drug-likeness (QED) is 0.821. The van der Waals surface area contributed by atoms with E-state index in [9.17, 15) is 4.79 Å². The number of rotatable bonds is 4. The maximum absolute atomic E-state index is 11.6. The number of aryl methyl sites for hydroxylation is 1. The summed E-state index contributed by atoms with van der Waals surface area (Å²) in [6.45, 7) is 1.94. The van der Waals surface area contributed by atoms with E-state index < -0.39 is 0 Å². The molecule has 2 heterocycles. The minimum Gasteiger partial charge on any atom is -0.339 e. The van der Waals surface area contributed by atoms with E-state index >= 15 is 0 Å². The van der Waals surface area contributed by atoms with Gasteiger partial charge < -0.3 is 4.52 Å². The Kier molecular flexibility index (Phi) is 2.66. The first-order chi connectivity index (χ1) is 8.74. The lowest BCUT2D eigenvalue weighted by atomic mass is 10.1. The average molecular weight is 243 g/mol. The molecule has 5 nitrogen and oxygen atoms in total. The van der Waals surface area contributed by atoms with Crippen molar-refractivity contribution in [3.8, 4) is 11.4 Å². The van der Waals surface area contributed by atoms with Crippen LogP contribution >= 0.6 is 0 Å². The van der Waals surface area contributed by atoms with E-state index in [1.54, 1.807) is 12.4 Å². The lowest BCUT2D eigenvalue weighted by Crippen LogP contribution is -2.04. The standard InChI is InChI=1S/C13H13N3O2/c1-8-7-14-5-4-10(8)13-15-12(18-16-13)6-11(17)9-2-3-9/h4-5,7,9H,2-3,6H2,1H3. The Morgan fingerprint density at radius 3 is 3.06 bits per heavy atom. The second kappa shape index (κ2) is 4.33. The van der Waals surface area contributed by atoms with Crippen LogP contribution in [0.3, 0.4) is 0 Å². The number of Topliss-reactive ketones (excluding diaryl/α,β-unsaturated/α-hetero) is 1. The van der Waals surface area contributed by atoms with Crippen LogP contribution in [0.4, 0.5) is 0 Å². The number of carbonyl (C=O) groups is 1. The summed E-state index contributed by atoms with van der Waals surface area (Å²) >= 11 is 0. The molecule has 0 aliphatic heterocycles. The third-order valence-electron chi connectivity index (χ3n) is 3.09. The molecule has 0 N–H and O–H groups in total. The van der Waals surface area contributed by atoms with E-state index in [1.165, 1.54) is 0 Å². The van der Waals surface area contributed by atoms with Gasteiger partial charge in [0.15, 0.2) is 0 Å². The Labute approximate surface area is 104 Å². The zero-order valence-electron chi connectivity index (χ0n) is 10.1. The van der Waals surface area contributed by atoms with Gasteiger partial charge in [0.2, 0.25) is 11.7 Å². The van der Waals surface area contributed by atoms with Crippen LogP contribution in [-0.2, 0) is 11.2 Å². The molecule has 0 spiro atoms. The van der Waals surface area contributed by atoms with E-state index in [1.807, 2.05) is 13.0 Å². The molecule has 0 atom stereocenters. The summed E-state index contributed by atoms with van der Waals surface area (Å²) in [5.41, 5.74) is 1.87. The maximum Gasteiger partial charge on any atom is 0.234 e. The van der Waals surface area contributed by atoms with Gasteiger partial charge in [-0.05, 0) is 31.4 Å². The van der Waals surface area contributed by atoms with E-state index in [0.717, 1.165) is 24.0 Å². The number of carbonyl (C=O) groups excluding carboxylic acids is 1. The minimum absolute atomic E-state index is 0.205. The molecule has 1 aliphatic carbocycles. The van der Waals surface area contributed by atoms with Crippen molar-refractivity contribution in [3.05, 3.63) is 29.9 Å². The Bertz CT molecular complexity index is 587. The first-order valence-electron chi connectivity index (χ1n) is 6.00.